The van der Waals surface area contributed by atoms with E-state index in [2.05, 4.69) is 5.32 Å². The van der Waals surface area contributed by atoms with Gasteiger partial charge in [-0.1, -0.05) is 19.9 Å². The van der Waals surface area contributed by atoms with E-state index in [-0.39, 0.29) is 29.7 Å². The zero-order valence-corrected chi connectivity index (χ0v) is 14.3. The molecule has 0 saturated carbocycles. The van der Waals surface area contributed by atoms with Gasteiger partial charge in [0, 0.05) is 25.2 Å². The molecule has 0 bridgehead atoms. The van der Waals surface area contributed by atoms with Crippen LogP contribution in [0.5, 0.6) is 0 Å². The Kier molecular flexibility index (Phi) is 5.90. The van der Waals surface area contributed by atoms with Gasteiger partial charge in [0.2, 0.25) is 5.91 Å². The predicted molar refractivity (Wildman–Crippen MR) is 87.6 cm³/mol. The number of furan rings is 1. The lowest BCUT2D eigenvalue weighted by Gasteiger charge is -2.27. The van der Waals surface area contributed by atoms with E-state index in [1.807, 2.05) is 0 Å². The first kappa shape index (κ1) is 18.6. The number of amides is 2. The molecule has 1 heterocycles. The second kappa shape index (κ2) is 7.92. The van der Waals surface area contributed by atoms with E-state index < -0.39 is 23.6 Å². The number of nitrogens with zero attached hydrogens (tertiary/aromatic N) is 1. The average Bonchev–Trinajstić information content (AvgIpc) is 3.08. The second-order valence-electron chi connectivity index (χ2n) is 6.10. The Balaban J connectivity index is 2.09. The summed E-state index contributed by atoms with van der Waals surface area (Å²) < 4.78 is 31.8. The van der Waals surface area contributed by atoms with E-state index in [1.165, 1.54) is 30.3 Å². The molecule has 0 aliphatic rings. The van der Waals surface area contributed by atoms with Crippen LogP contribution in [0.3, 0.4) is 0 Å². The Morgan fingerprint density at radius 2 is 1.96 bits per heavy atom. The van der Waals surface area contributed by atoms with Gasteiger partial charge in [-0.05, 0) is 24.1 Å². The Morgan fingerprint density at radius 3 is 2.52 bits per heavy atom. The summed E-state index contributed by atoms with van der Waals surface area (Å²) in [5.74, 6) is -2.36. The average molecular weight is 350 g/mol. The van der Waals surface area contributed by atoms with E-state index in [4.69, 9.17) is 4.42 Å². The van der Waals surface area contributed by atoms with Crippen molar-refractivity contribution in [2.45, 2.75) is 26.4 Å². The van der Waals surface area contributed by atoms with Crippen molar-refractivity contribution in [1.82, 2.24) is 10.2 Å². The normalized spacial score (nSPS) is 12.1. The Morgan fingerprint density at radius 1 is 1.24 bits per heavy atom. The van der Waals surface area contributed by atoms with Crippen LogP contribution < -0.4 is 5.32 Å². The lowest BCUT2D eigenvalue weighted by molar-refractivity contribution is -0.133. The summed E-state index contributed by atoms with van der Waals surface area (Å²) in [6.45, 7) is 3.54. The quantitative estimate of drug-likeness (QED) is 0.871. The lowest BCUT2D eigenvalue weighted by Crippen LogP contribution is -2.50. The summed E-state index contributed by atoms with van der Waals surface area (Å²) in [6.07, 6.45) is 1.37. The topological polar surface area (TPSA) is 62.6 Å². The standard InChI is InChI=1S/C18H20F2N2O3/c1-11(2)16(21-17(23)15-5-4-8-25-15)18(24)22(3)10-12-6-7-13(19)9-14(12)20/h4-9,11,16H,10H2,1-3H3,(H,21,23). The maximum absolute atomic E-state index is 13.8. The summed E-state index contributed by atoms with van der Waals surface area (Å²) in [6, 6.07) is 5.47. The highest BCUT2D eigenvalue weighted by Gasteiger charge is 2.28. The van der Waals surface area contributed by atoms with E-state index >= 15 is 0 Å². The number of hydrogen-bond acceptors (Lipinski definition) is 3. The Hall–Kier alpha value is -2.70. The molecule has 0 radical (unpaired) electrons. The molecule has 1 N–H and O–H groups in total. The fourth-order valence-corrected chi connectivity index (χ4v) is 2.35. The third-order valence-electron chi connectivity index (χ3n) is 3.76. The van der Waals surface area contributed by atoms with Crippen LogP contribution >= 0.6 is 0 Å². The smallest absolute Gasteiger partial charge is 0.287 e. The van der Waals surface area contributed by atoms with Gasteiger partial charge in [-0.2, -0.15) is 0 Å². The molecule has 1 atom stereocenters. The summed E-state index contributed by atoms with van der Waals surface area (Å²) in [5.41, 5.74) is 0.192. The highest BCUT2D eigenvalue weighted by atomic mass is 19.1. The third-order valence-corrected chi connectivity index (χ3v) is 3.76. The largest absolute Gasteiger partial charge is 0.459 e. The SMILES string of the molecule is CC(C)C(NC(=O)c1ccco1)C(=O)N(C)Cc1ccc(F)cc1F. The molecule has 0 spiro atoms. The highest BCUT2D eigenvalue weighted by Crippen LogP contribution is 2.14. The third kappa shape index (κ3) is 4.65. The predicted octanol–water partition coefficient (Wildman–Crippen LogP) is 2.97. The summed E-state index contributed by atoms with van der Waals surface area (Å²) in [7, 11) is 1.50. The zero-order chi connectivity index (χ0) is 18.6. The maximum atomic E-state index is 13.8. The molecule has 2 rings (SSSR count). The summed E-state index contributed by atoms with van der Waals surface area (Å²) in [4.78, 5) is 26.1. The monoisotopic (exact) mass is 350 g/mol. The molecular formula is C18H20F2N2O3. The van der Waals surface area contributed by atoms with Crippen molar-refractivity contribution in [1.29, 1.82) is 0 Å². The molecule has 0 aliphatic carbocycles. The van der Waals surface area contributed by atoms with Crippen molar-refractivity contribution < 1.29 is 22.8 Å². The van der Waals surface area contributed by atoms with Crippen LogP contribution in [0.25, 0.3) is 0 Å². The van der Waals surface area contributed by atoms with Gasteiger partial charge < -0.3 is 14.6 Å². The second-order valence-corrected chi connectivity index (χ2v) is 6.10. The number of carbonyl (C=O) groups excluding carboxylic acids is 2. The number of benzene rings is 1. The molecule has 0 saturated heterocycles. The molecule has 2 aromatic rings. The van der Waals surface area contributed by atoms with Crippen LogP contribution in [-0.2, 0) is 11.3 Å². The number of rotatable bonds is 6. The maximum Gasteiger partial charge on any atom is 0.287 e. The fourth-order valence-electron chi connectivity index (χ4n) is 2.35. The lowest BCUT2D eigenvalue weighted by atomic mass is 10.0. The van der Waals surface area contributed by atoms with E-state index in [0.717, 1.165) is 12.1 Å². The van der Waals surface area contributed by atoms with Gasteiger partial charge in [-0.15, -0.1) is 0 Å². The first-order valence-electron chi connectivity index (χ1n) is 7.83. The van der Waals surface area contributed by atoms with Crippen LogP contribution in [-0.4, -0.2) is 29.8 Å². The van der Waals surface area contributed by atoms with E-state index in [1.54, 1.807) is 19.9 Å². The van der Waals surface area contributed by atoms with Gasteiger partial charge in [0.25, 0.3) is 5.91 Å². The molecule has 7 heteroatoms. The highest BCUT2D eigenvalue weighted by molar-refractivity contribution is 5.95. The van der Waals surface area contributed by atoms with Crippen molar-refractivity contribution in [3.8, 4) is 0 Å². The van der Waals surface area contributed by atoms with E-state index in [0.29, 0.717) is 0 Å². The molecule has 1 unspecified atom stereocenters. The molecule has 25 heavy (non-hydrogen) atoms. The van der Waals surface area contributed by atoms with Crippen molar-refractivity contribution in [3.05, 3.63) is 59.6 Å². The van der Waals surface area contributed by atoms with Gasteiger partial charge >= 0.3 is 0 Å². The number of likely N-dealkylation sites (N-methyl/N-ethyl adjacent to an activating group) is 1. The minimum absolute atomic E-state index is 0.0369. The Labute approximate surface area is 144 Å². The first-order chi connectivity index (χ1) is 11.8. The van der Waals surface area contributed by atoms with Crippen LogP contribution in [0.15, 0.2) is 41.0 Å². The molecule has 5 nitrogen and oxygen atoms in total. The number of hydrogen-bond donors (Lipinski definition) is 1. The minimum Gasteiger partial charge on any atom is -0.459 e. The number of carbonyl (C=O) groups is 2. The first-order valence-corrected chi connectivity index (χ1v) is 7.83. The van der Waals surface area contributed by atoms with Crippen molar-refractivity contribution in [2.24, 2.45) is 5.92 Å². The van der Waals surface area contributed by atoms with Gasteiger partial charge in [0.05, 0.1) is 6.26 Å². The van der Waals surface area contributed by atoms with Crippen molar-refractivity contribution in [2.75, 3.05) is 7.05 Å². The molecule has 1 aromatic carbocycles. The number of nitrogens with one attached hydrogen (secondary N) is 1. The van der Waals surface area contributed by atoms with Gasteiger partial charge in [-0.25, -0.2) is 8.78 Å². The minimum atomic E-state index is -0.800. The zero-order valence-electron chi connectivity index (χ0n) is 14.3. The van der Waals surface area contributed by atoms with Crippen LogP contribution in [0.1, 0.15) is 30.0 Å². The summed E-state index contributed by atoms with van der Waals surface area (Å²) in [5, 5.41) is 2.63. The fraction of sp³-hybridized carbons (Fsp3) is 0.333. The van der Waals surface area contributed by atoms with Crippen molar-refractivity contribution in [3.63, 3.8) is 0 Å². The number of halogens is 2. The Bertz CT molecular complexity index is 745. The van der Waals surface area contributed by atoms with Gasteiger partial charge in [0.1, 0.15) is 17.7 Å². The van der Waals surface area contributed by atoms with Gasteiger partial charge in [0.15, 0.2) is 5.76 Å². The van der Waals surface area contributed by atoms with Crippen LogP contribution in [0, 0.1) is 17.6 Å². The summed E-state index contributed by atoms with van der Waals surface area (Å²) >= 11 is 0. The molecule has 0 fully saturated rings. The molecule has 134 valence electrons. The molecule has 1 aromatic heterocycles. The molecular weight excluding hydrogens is 330 g/mol. The van der Waals surface area contributed by atoms with Crippen LogP contribution in [0.2, 0.25) is 0 Å². The molecule has 0 aliphatic heterocycles. The molecule has 2 amide bonds. The van der Waals surface area contributed by atoms with E-state index in [9.17, 15) is 18.4 Å². The van der Waals surface area contributed by atoms with Crippen LogP contribution in [0.4, 0.5) is 8.78 Å². The van der Waals surface area contributed by atoms with Gasteiger partial charge in [-0.3, -0.25) is 9.59 Å². The van der Waals surface area contributed by atoms with Crippen molar-refractivity contribution >= 4 is 11.8 Å².